The first-order valence-corrected chi connectivity index (χ1v) is 6.60. The molecular formula is C13H22N4O2. The smallest absolute Gasteiger partial charge is 0.147 e. The predicted molar refractivity (Wildman–Crippen MR) is 73.2 cm³/mol. The van der Waals surface area contributed by atoms with Crippen molar-refractivity contribution in [3.63, 3.8) is 0 Å². The highest BCUT2D eigenvalue weighted by Crippen LogP contribution is 2.20. The summed E-state index contributed by atoms with van der Waals surface area (Å²) in [6.45, 7) is 5.33. The van der Waals surface area contributed by atoms with Crippen molar-refractivity contribution < 1.29 is 9.47 Å². The molecule has 0 spiro atoms. The first-order valence-electron chi connectivity index (χ1n) is 6.60. The highest BCUT2D eigenvalue weighted by atomic mass is 16.5. The molecule has 0 amide bonds. The van der Waals surface area contributed by atoms with E-state index < -0.39 is 0 Å². The summed E-state index contributed by atoms with van der Waals surface area (Å²) in [5.41, 5.74) is 0.955. The van der Waals surface area contributed by atoms with Crippen molar-refractivity contribution in [1.29, 1.82) is 0 Å². The molecule has 2 rings (SSSR count). The largest absolute Gasteiger partial charge is 0.377 e. The second-order valence-corrected chi connectivity index (χ2v) is 4.60. The normalized spacial score (nSPS) is 23.0. The van der Waals surface area contributed by atoms with E-state index in [4.69, 9.17) is 9.47 Å². The fourth-order valence-electron chi connectivity index (χ4n) is 2.24. The fourth-order valence-corrected chi connectivity index (χ4v) is 2.24. The van der Waals surface area contributed by atoms with Crippen LogP contribution in [0.15, 0.2) is 12.4 Å². The molecule has 0 radical (unpaired) electrons. The van der Waals surface area contributed by atoms with Crippen molar-refractivity contribution in [1.82, 2.24) is 15.3 Å². The molecule has 0 aliphatic carbocycles. The van der Waals surface area contributed by atoms with Gasteiger partial charge in [-0.25, -0.2) is 4.98 Å². The lowest BCUT2D eigenvalue weighted by Crippen LogP contribution is -2.27. The zero-order valence-electron chi connectivity index (χ0n) is 11.8. The van der Waals surface area contributed by atoms with E-state index in [1.54, 1.807) is 14.2 Å². The summed E-state index contributed by atoms with van der Waals surface area (Å²) in [6.07, 6.45) is 3.82. The van der Waals surface area contributed by atoms with Crippen molar-refractivity contribution >= 4 is 5.82 Å². The Morgan fingerprint density at radius 3 is 2.37 bits per heavy atom. The average Bonchev–Trinajstić information content (AvgIpc) is 2.89. The average molecular weight is 266 g/mol. The SMILES string of the molecule is CCNCc1cnc(N2CC(OC)C(OC)C2)cn1. The van der Waals surface area contributed by atoms with Gasteiger partial charge in [-0.15, -0.1) is 0 Å². The van der Waals surface area contributed by atoms with Gasteiger partial charge in [0.25, 0.3) is 0 Å². The Kier molecular flexibility index (Phi) is 5.07. The Morgan fingerprint density at radius 2 is 1.89 bits per heavy atom. The second-order valence-electron chi connectivity index (χ2n) is 4.60. The summed E-state index contributed by atoms with van der Waals surface area (Å²) in [6, 6.07) is 0. The molecule has 1 saturated heterocycles. The molecule has 2 heterocycles. The number of hydrogen-bond acceptors (Lipinski definition) is 6. The van der Waals surface area contributed by atoms with E-state index >= 15 is 0 Å². The molecule has 1 aromatic rings. The molecule has 2 atom stereocenters. The second kappa shape index (κ2) is 6.79. The van der Waals surface area contributed by atoms with Gasteiger partial charge in [-0.3, -0.25) is 4.98 Å². The van der Waals surface area contributed by atoms with Gasteiger partial charge >= 0.3 is 0 Å². The fraction of sp³-hybridized carbons (Fsp3) is 0.692. The van der Waals surface area contributed by atoms with Gasteiger partial charge < -0.3 is 19.7 Å². The number of anilines is 1. The van der Waals surface area contributed by atoms with E-state index in [9.17, 15) is 0 Å². The topological polar surface area (TPSA) is 59.5 Å². The summed E-state index contributed by atoms with van der Waals surface area (Å²) < 4.78 is 10.8. The minimum absolute atomic E-state index is 0.0910. The minimum Gasteiger partial charge on any atom is -0.377 e. The zero-order valence-corrected chi connectivity index (χ0v) is 11.8. The molecule has 19 heavy (non-hydrogen) atoms. The van der Waals surface area contributed by atoms with Crippen LogP contribution in [-0.4, -0.2) is 56.0 Å². The Labute approximate surface area is 114 Å². The van der Waals surface area contributed by atoms with Gasteiger partial charge in [-0.05, 0) is 6.54 Å². The number of nitrogens with zero attached hydrogens (tertiary/aromatic N) is 3. The highest BCUT2D eigenvalue weighted by Gasteiger charge is 2.33. The van der Waals surface area contributed by atoms with Crippen LogP contribution in [-0.2, 0) is 16.0 Å². The third kappa shape index (κ3) is 3.40. The Hall–Kier alpha value is -1.24. The van der Waals surface area contributed by atoms with Gasteiger partial charge in [0.15, 0.2) is 0 Å². The lowest BCUT2D eigenvalue weighted by molar-refractivity contribution is -0.00461. The van der Waals surface area contributed by atoms with Crippen LogP contribution < -0.4 is 10.2 Å². The van der Waals surface area contributed by atoms with Gasteiger partial charge in [0.1, 0.15) is 18.0 Å². The summed E-state index contributed by atoms with van der Waals surface area (Å²) in [5.74, 6) is 0.877. The van der Waals surface area contributed by atoms with Gasteiger partial charge in [-0.2, -0.15) is 0 Å². The van der Waals surface area contributed by atoms with Crippen LogP contribution in [0.1, 0.15) is 12.6 Å². The van der Waals surface area contributed by atoms with E-state index in [0.29, 0.717) is 0 Å². The van der Waals surface area contributed by atoms with Crippen molar-refractivity contribution in [2.75, 3.05) is 38.8 Å². The molecule has 6 nitrogen and oxygen atoms in total. The summed E-state index contributed by atoms with van der Waals surface area (Å²) in [5, 5.41) is 3.23. The number of methoxy groups -OCH3 is 2. The Balaban J connectivity index is 1.99. The van der Waals surface area contributed by atoms with Crippen LogP contribution >= 0.6 is 0 Å². The molecule has 0 bridgehead atoms. The lowest BCUT2D eigenvalue weighted by Gasteiger charge is -2.16. The van der Waals surface area contributed by atoms with Gasteiger partial charge in [0, 0.05) is 33.9 Å². The predicted octanol–water partition coefficient (Wildman–Crippen LogP) is 0.436. The molecule has 1 aromatic heterocycles. The number of aromatic nitrogens is 2. The molecule has 6 heteroatoms. The molecule has 1 N–H and O–H groups in total. The van der Waals surface area contributed by atoms with E-state index in [1.807, 2.05) is 12.4 Å². The molecule has 106 valence electrons. The quantitative estimate of drug-likeness (QED) is 0.806. The van der Waals surface area contributed by atoms with Crippen molar-refractivity contribution in [2.45, 2.75) is 25.7 Å². The molecule has 2 unspecified atom stereocenters. The van der Waals surface area contributed by atoms with Crippen LogP contribution in [0.3, 0.4) is 0 Å². The first kappa shape index (κ1) is 14.2. The zero-order chi connectivity index (χ0) is 13.7. The molecule has 1 fully saturated rings. The molecule has 0 saturated carbocycles. The van der Waals surface area contributed by atoms with E-state index in [2.05, 4.69) is 27.1 Å². The number of ether oxygens (including phenoxy) is 2. The minimum atomic E-state index is 0.0910. The first-order chi connectivity index (χ1) is 9.28. The third-order valence-corrected chi connectivity index (χ3v) is 3.39. The highest BCUT2D eigenvalue weighted by molar-refractivity contribution is 5.38. The van der Waals surface area contributed by atoms with Crippen LogP contribution in [0, 0.1) is 0 Å². The van der Waals surface area contributed by atoms with E-state index in [1.165, 1.54) is 0 Å². The molecular weight excluding hydrogens is 244 g/mol. The maximum Gasteiger partial charge on any atom is 0.147 e. The maximum absolute atomic E-state index is 5.42. The summed E-state index contributed by atoms with van der Waals surface area (Å²) in [7, 11) is 3.43. The maximum atomic E-state index is 5.42. The lowest BCUT2D eigenvalue weighted by atomic mass is 10.3. The number of rotatable bonds is 6. The standard InChI is InChI=1S/C13H22N4O2/c1-4-14-5-10-6-16-13(7-15-10)17-8-11(18-2)12(9-17)19-3/h6-7,11-12,14H,4-5,8-9H2,1-3H3. The van der Waals surface area contributed by atoms with Gasteiger partial charge in [0.05, 0.1) is 18.1 Å². The van der Waals surface area contributed by atoms with Crippen molar-refractivity contribution in [2.24, 2.45) is 0 Å². The Morgan fingerprint density at radius 1 is 1.21 bits per heavy atom. The van der Waals surface area contributed by atoms with E-state index in [0.717, 1.165) is 37.7 Å². The van der Waals surface area contributed by atoms with Gasteiger partial charge in [-0.1, -0.05) is 6.92 Å². The summed E-state index contributed by atoms with van der Waals surface area (Å²) >= 11 is 0. The Bertz CT molecular complexity index is 373. The number of nitrogens with one attached hydrogen (secondary N) is 1. The van der Waals surface area contributed by atoms with Crippen molar-refractivity contribution in [3.05, 3.63) is 18.1 Å². The van der Waals surface area contributed by atoms with Crippen molar-refractivity contribution in [3.8, 4) is 0 Å². The number of hydrogen-bond donors (Lipinski definition) is 1. The molecule has 1 aliphatic heterocycles. The summed E-state index contributed by atoms with van der Waals surface area (Å²) in [4.78, 5) is 11.0. The molecule has 1 aliphatic rings. The van der Waals surface area contributed by atoms with Crippen LogP contribution in [0.2, 0.25) is 0 Å². The van der Waals surface area contributed by atoms with Crippen LogP contribution in [0.5, 0.6) is 0 Å². The van der Waals surface area contributed by atoms with Crippen LogP contribution in [0.25, 0.3) is 0 Å². The third-order valence-electron chi connectivity index (χ3n) is 3.39. The molecule has 0 aromatic carbocycles. The van der Waals surface area contributed by atoms with Gasteiger partial charge in [0.2, 0.25) is 0 Å². The monoisotopic (exact) mass is 266 g/mol. The van der Waals surface area contributed by atoms with Crippen LogP contribution in [0.4, 0.5) is 5.82 Å². The van der Waals surface area contributed by atoms with E-state index in [-0.39, 0.29) is 12.2 Å².